The van der Waals surface area contributed by atoms with Crippen molar-refractivity contribution in [2.75, 3.05) is 26.7 Å². The van der Waals surface area contributed by atoms with E-state index in [0.29, 0.717) is 23.4 Å². The van der Waals surface area contributed by atoms with Gasteiger partial charge in [-0.3, -0.25) is 0 Å². The van der Waals surface area contributed by atoms with E-state index in [2.05, 4.69) is 20.7 Å². The summed E-state index contributed by atoms with van der Waals surface area (Å²) in [6.07, 6.45) is 1.74. The molecule has 0 spiro atoms. The molecule has 1 aliphatic heterocycles. The van der Waals surface area contributed by atoms with Gasteiger partial charge in [-0.2, -0.15) is 4.31 Å². The molecule has 2 N–H and O–H groups in total. The summed E-state index contributed by atoms with van der Waals surface area (Å²) in [6, 6.07) is 1.36. The highest BCUT2D eigenvalue weighted by molar-refractivity contribution is 9.11. The Morgan fingerprint density at radius 2 is 2.33 bits per heavy atom. The fourth-order valence-corrected chi connectivity index (χ4v) is 6.29. The first-order valence-corrected chi connectivity index (χ1v) is 9.53. The molecule has 0 aliphatic carbocycles. The van der Waals surface area contributed by atoms with Crippen LogP contribution in [0.4, 0.5) is 0 Å². The number of hydrogen-bond donors (Lipinski definition) is 1. The highest BCUT2D eigenvalue weighted by Gasteiger charge is 2.33. The fraction of sp³-hybridized carbons (Fsp3) is 0.583. The second kappa shape index (κ2) is 6.74. The highest BCUT2D eigenvalue weighted by atomic mass is 79.9. The number of ether oxygens (including phenoxy) is 1. The molecule has 1 aromatic heterocycles. The van der Waals surface area contributed by atoms with Crippen molar-refractivity contribution in [3.05, 3.63) is 14.7 Å². The lowest BCUT2D eigenvalue weighted by Gasteiger charge is -2.31. The first kappa shape index (κ1) is 16.9. The Labute approximate surface area is 136 Å². The maximum atomic E-state index is 12.7. The quantitative estimate of drug-likeness (QED) is 0.781. The molecule has 0 saturated carbocycles. The number of piperidine rings is 1. The number of sulfonamides is 1. The molecule has 6 nitrogen and oxygen atoms in total. The lowest BCUT2D eigenvalue weighted by Crippen LogP contribution is -2.41. The van der Waals surface area contributed by atoms with Gasteiger partial charge in [0.05, 0.1) is 10.9 Å². The molecule has 118 valence electrons. The van der Waals surface area contributed by atoms with Crippen LogP contribution in [-0.2, 0) is 14.8 Å². The standard InChI is InChI=1S/C12H17BrN2O4S2/c1-19-12(16)9-5-10(11(13)20-9)21(17,18)15-4-2-3-8(6-14)7-15/h5,8H,2-4,6-7,14H2,1H3. The van der Waals surface area contributed by atoms with Crippen molar-refractivity contribution in [3.8, 4) is 0 Å². The van der Waals surface area contributed by atoms with Crippen LogP contribution in [0.3, 0.4) is 0 Å². The van der Waals surface area contributed by atoms with Gasteiger partial charge in [0.2, 0.25) is 10.0 Å². The third kappa shape index (κ3) is 3.48. The van der Waals surface area contributed by atoms with Crippen LogP contribution < -0.4 is 5.73 Å². The summed E-state index contributed by atoms with van der Waals surface area (Å²) in [5.74, 6) is -0.355. The predicted octanol–water partition coefficient (Wildman–Crippen LogP) is 1.66. The monoisotopic (exact) mass is 396 g/mol. The molecule has 0 bridgehead atoms. The lowest BCUT2D eigenvalue weighted by molar-refractivity contribution is 0.0606. The molecule has 9 heteroatoms. The van der Waals surface area contributed by atoms with Gasteiger partial charge in [0.25, 0.3) is 0 Å². The van der Waals surface area contributed by atoms with Crippen LogP contribution in [0.2, 0.25) is 0 Å². The number of esters is 1. The molecule has 0 amide bonds. The topological polar surface area (TPSA) is 89.7 Å². The Hall–Kier alpha value is -0.480. The van der Waals surface area contributed by atoms with Gasteiger partial charge < -0.3 is 10.5 Å². The Bertz CT molecular complexity index is 629. The van der Waals surface area contributed by atoms with Crippen molar-refractivity contribution in [3.63, 3.8) is 0 Å². The van der Waals surface area contributed by atoms with E-state index in [1.165, 1.54) is 17.5 Å². The molecule has 1 fully saturated rings. The highest BCUT2D eigenvalue weighted by Crippen LogP contribution is 2.35. The first-order valence-electron chi connectivity index (χ1n) is 6.48. The van der Waals surface area contributed by atoms with Gasteiger partial charge in [-0.25, -0.2) is 13.2 Å². The fourth-order valence-electron chi connectivity index (χ4n) is 2.31. The van der Waals surface area contributed by atoms with E-state index in [1.54, 1.807) is 0 Å². The Morgan fingerprint density at radius 1 is 1.62 bits per heavy atom. The Kier molecular flexibility index (Phi) is 5.42. The summed E-state index contributed by atoms with van der Waals surface area (Å²) < 4.78 is 31.9. The lowest BCUT2D eigenvalue weighted by atomic mass is 10.0. The van der Waals surface area contributed by atoms with Crippen molar-refractivity contribution in [1.29, 1.82) is 0 Å². The van der Waals surface area contributed by atoms with Crippen LogP contribution in [0, 0.1) is 5.92 Å². The number of carbonyl (C=O) groups excluding carboxylic acids is 1. The van der Waals surface area contributed by atoms with Gasteiger partial charge in [0, 0.05) is 13.1 Å². The SMILES string of the molecule is COC(=O)c1cc(S(=O)(=O)N2CCCC(CN)C2)c(Br)s1. The third-order valence-corrected chi connectivity index (χ3v) is 7.57. The number of halogens is 1. The minimum Gasteiger partial charge on any atom is -0.465 e. The third-order valence-electron chi connectivity index (χ3n) is 3.47. The molecule has 1 atom stereocenters. The van der Waals surface area contributed by atoms with Gasteiger partial charge in [-0.05, 0) is 47.3 Å². The smallest absolute Gasteiger partial charge is 0.348 e. The summed E-state index contributed by atoms with van der Waals surface area (Å²) in [5.41, 5.74) is 5.65. The van der Waals surface area contributed by atoms with Crippen molar-refractivity contribution in [2.24, 2.45) is 11.7 Å². The average molecular weight is 397 g/mol. The molecule has 1 unspecified atom stereocenters. The maximum absolute atomic E-state index is 12.7. The largest absolute Gasteiger partial charge is 0.465 e. The molecule has 0 aromatic carbocycles. The normalized spacial score (nSPS) is 20.4. The van der Waals surface area contributed by atoms with Crippen molar-refractivity contribution < 1.29 is 17.9 Å². The molecular weight excluding hydrogens is 380 g/mol. The summed E-state index contributed by atoms with van der Waals surface area (Å²) in [7, 11) is -2.36. The first-order chi connectivity index (χ1) is 9.90. The summed E-state index contributed by atoms with van der Waals surface area (Å²) in [4.78, 5) is 11.9. The Morgan fingerprint density at radius 3 is 2.95 bits per heavy atom. The summed E-state index contributed by atoms with van der Waals surface area (Å²) in [5, 5.41) is 0. The molecule has 1 saturated heterocycles. The van der Waals surface area contributed by atoms with E-state index in [-0.39, 0.29) is 15.7 Å². The molecule has 1 aromatic rings. The van der Waals surface area contributed by atoms with Gasteiger partial charge in [0.1, 0.15) is 9.77 Å². The van der Waals surface area contributed by atoms with Crippen LogP contribution in [-0.4, -0.2) is 45.4 Å². The zero-order valence-corrected chi connectivity index (χ0v) is 14.8. The number of thiophene rings is 1. The maximum Gasteiger partial charge on any atom is 0.348 e. The zero-order valence-electron chi connectivity index (χ0n) is 11.5. The van der Waals surface area contributed by atoms with E-state index in [0.717, 1.165) is 24.2 Å². The van der Waals surface area contributed by atoms with E-state index in [1.807, 2.05) is 0 Å². The number of carbonyl (C=O) groups is 1. The van der Waals surface area contributed by atoms with Gasteiger partial charge in [-0.15, -0.1) is 11.3 Å². The van der Waals surface area contributed by atoms with Crippen LogP contribution in [0.5, 0.6) is 0 Å². The van der Waals surface area contributed by atoms with Gasteiger partial charge in [-0.1, -0.05) is 0 Å². The molecular formula is C12H17BrN2O4S2. The minimum atomic E-state index is -3.62. The summed E-state index contributed by atoms with van der Waals surface area (Å²) >= 11 is 4.29. The van der Waals surface area contributed by atoms with E-state index in [4.69, 9.17) is 5.73 Å². The van der Waals surface area contributed by atoms with Crippen molar-refractivity contribution in [2.45, 2.75) is 17.7 Å². The van der Waals surface area contributed by atoms with E-state index in [9.17, 15) is 13.2 Å². The molecule has 21 heavy (non-hydrogen) atoms. The van der Waals surface area contributed by atoms with Gasteiger partial charge in [0.15, 0.2) is 0 Å². The van der Waals surface area contributed by atoms with Crippen LogP contribution in [0.25, 0.3) is 0 Å². The van der Waals surface area contributed by atoms with Crippen molar-refractivity contribution in [1.82, 2.24) is 4.31 Å². The number of nitrogens with two attached hydrogens (primary N) is 1. The number of rotatable bonds is 4. The van der Waals surface area contributed by atoms with Crippen LogP contribution in [0.15, 0.2) is 14.7 Å². The minimum absolute atomic E-state index is 0.116. The number of nitrogens with zero attached hydrogens (tertiary/aromatic N) is 1. The number of methoxy groups -OCH3 is 1. The molecule has 2 rings (SSSR count). The second-order valence-electron chi connectivity index (χ2n) is 4.85. The van der Waals surface area contributed by atoms with E-state index >= 15 is 0 Å². The van der Waals surface area contributed by atoms with Crippen molar-refractivity contribution >= 4 is 43.3 Å². The van der Waals surface area contributed by atoms with E-state index < -0.39 is 16.0 Å². The Balaban J connectivity index is 2.31. The van der Waals surface area contributed by atoms with Crippen LogP contribution in [0.1, 0.15) is 22.5 Å². The summed E-state index contributed by atoms with van der Waals surface area (Å²) in [6.45, 7) is 1.38. The van der Waals surface area contributed by atoms with Crippen LogP contribution >= 0.6 is 27.3 Å². The zero-order chi connectivity index (χ0) is 15.6. The molecule has 1 aliphatic rings. The average Bonchev–Trinajstić information content (AvgIpc) is 2.89. The second-order valence-corrected chi connectivity index (χ2v) is 9.12. The molecule has 2 heterocycles. The number of hydrogen-bond acceptors (Lipinski definition) is 6. The molecule has 0 radical (unpaired) electrons. The van der Waals surface area contributed by atoms with Gasteiger partial charge >= 0.3 is 5.97 Å². The predicted molar refractivity (Wildman–Crippen MR) is 83.9 cm³/mol.